The van der Waals surface area contributed by atoms with Crippen LogP contribution in [0.5, 0.6) is 5.75 Å². The molecule has 0 aliphatic carbocycles. The zero-order valence-corrected chi connectivity index (χ0v) is 18.5. The van der Waals surface area contributed by atoms with Crippen molar-refractivity contribution in [1.82, 2.24) is 9.21 Å². The van der Waals surface area contributed by atoms with Crippen molar-refractivity contribution in [2.45, 2.75) is 17.9 Å². The molecule has 0 amide bonds. The number of aliphatic hydroxyl groups excluding tert-OH is 1. The summed E-state index contributed by atoms with van der Waals surface area (Å²) in [6, 6.07) is 20.9. The Morgan fingerprint density at radius 3 is 2.32 bits per heavy atom. The van der Waals surface area contributed by atoms with Crippen molar-refractivity contribution in [2.75, 3.05) is 39.3 Å². The van der Waals surface area contributed by atoms with Crippen LogP contribution >= 0.6 is 0 Å². The predicted molar refractivity (Wildman–Crippen MR) is 122 cm³/mol. The number of rotatable bonds is 7. The summed E-state index contributed by atoms with van der Waals surface area (Å²) in [5, 5.41) is 12.7. The third kappa shape index (κ3) is 5.25. The highest BCUT2D eigenvalue weighted by molar-refractivity contribution is 7.89. The van der Waals surface area contributed by atoms with E-state index in [2.05, 4.69) is 4.90 Å². The average molecular weight is 441 g/mol. The molecule has 31 heavy (non-hydrogen) atoms. The van der Waals surface area contributed by atoms with Crippen LogP contribution in [0.3, 0.4) is 0 Å². The Morgan fingerprint density at radius 2 is 1.61 bits per heavy atom. The number of ether oxygens (including phenoxy) is 1. The van der Waals surface area contributed by atoms with Crippen LogP contribution in [0.25, 0.3) is 10.8 Å². The van der Waals surface area contributed by atoms with E-state index in [0.717, 1.165) is 22.1 Å². The second kappa shape index (κ2) is 9.36. The van der Waals surface area contributed by atoms with Crippen LogP contribution in [-0.4, -0.2) is 68.2 Å². The monoisotopic (exact) mass is 440 g/mol. The van der Waals surface area contributed by atoms with Gasteiger partial charge in [-0.15, -0.1) is 0 Å². The summed E-state index contributed by atoms with van der Waals surface area (Å²) < 4.78 is 32.9. The van der Waals surface area contributed by atoms with Gasteiger partial charge >= 0.3 is 0 Å². The molecule has 4 rings (SSSR count). The molecule has 0 radical (unpaired) electrons. The summed E-state index contributed by atoms with van der Waals surface area (Å²) in [6.45, 7) is 4.57. The maximum Gasteiger partial charge on any atom is 0.243 e. The van der Waals surface area contributed by atoms with Crippen LogP contribution in [0.15, 0.2) is 71.6 Å². The molecule has 1 fully saturated rings. The van der Waals surface area contributed by atoms with Crippen LogP contribution in [0.4, 0.5) is 0 Å². The number of aliphatic hydroxyl groups is 1. The number of hydrogen-bond acceptors (Lipinski definition) is 5. The SMILES string of the molecule is Cc1ccc(S(=O)(=O)N2CCN(C[C@H](O)COc3ccc4ccccc4c3)CC2)cc1. The van der Waals surface area contributed by atoms with E-state index in [1.165, 1.54) is 4.31 Å². The Bertz CT molecular complexity index is 1120. The molecular formula is C24H28N2O4S. The van der Waals surface area contributed by atoms with Gasteiger partial charge in [0.25, 0.3) is 0 Å². The van der Waals surface area contributed by atoms with Crippen LogP contribution in [0.1, 0.15) is 5.56 Å². The van der Waals surface area contributed by atoms with Gasteiger partial charge in [0.1, 0.15) is 18.5 Å². The molecule has 1 aliphatic rings. The smallest absolute Gasteiger partial charge is 0.243 e. The highest BCUT2D eigenvalue weighted by Gasteiger charge is 2.29. The van der Waals surface area contributed by atoms with Crippen molar-refractivity contribution in [3.63, 3.8) is 0 Å². The summed E-state index contributed by atoms with van der Waals surface area (Å²) in [7, 11) is -3.48. The largest absolute Gasteiger partial charge is 0.491 e. The molecule has 0 spiro atoms. The first kappa shape index (κ1) is 21.8. The predicted octanol–water partition coefficient (Wildman–Crippen LogP) is 2.89. The lowest BCUT2D eigenvalue weighted by atomic mass is 10.1. The number of benzene rings is 3. The van der Waals surface area contributed by atoms with Crippen molar-refractivity contribution in [1.29, 1.82) is 0 Å². The number of fused-ring (bicyclic) bond motifs is 1. The Morgan fingerprint density at radius 1 is 0.935 bits per heavy atom. The fourth-order valence-corrected chi connectivity index (χ4v) is 5.23. The number of sulfonamides is 1. The Kier molecular flexibility index (Phi) is 6.57. The number of nitrogens with zero attached hydrogens (tertiary/aromatic N) is 2. The molecule has 0 saturated carbocycles. The molecule has 1 N–H and O–H groups in total. The van der Waals surface area contributed by atoms with E-state index >= 15 is 0 Å². The minimum Gasteiger partial charge on any atom is -0.491 e. The zero-order valence-electron chi connectivity index (χ0n) is 17.6. The lowest BCUT2D eigenvalue weighted by molar-refractivity contribution is 0.0569. The minimum absolute atomic E-state index is 0.195. The van der Waals surface area contributed by atoms with Gasteiger partial charge in [-0.1, -0.05) is 48.0 Å². The Labute approximate surface area is 183 Å². The van der Waals surface area contributed by atoms with Gasteiger partial charge < -0.3 is 9.84 Å². The van der Waals surface area contributed by atoms with Crippen molar-refractivity contribution in [3.05, 3.63) is 72.3 Å². The van der Waals surface area contributed by atoms with Crippen molar-refractivity contribution < 1.29 is 18.3 Å². The number of aryl methyl sites for hydroxylation is 1. The molecule has 1 heterocycles. The van der Waals surface area contributed by atoms with Crippen molar-refractivity contribution >= 4 is 20.8 Å². The fourth-order valence-electron chi connectivity index (χ4n) is 3.81. The van der Waals surface area contributed by atoms with Gasteiger partial charge in [-0.05, 0) is 42.0 Å². The normalized spacial score (nSPS) is 17.0. The van der Waals surface area contributed by atoms with Gasteiger partial charge in [-0.2, -0.15) is 4.31 Å². The van der Waals surface area contributed by atoms with Gasteiger partial charge in [0.05, 0.1) is 4.90 Å². The van der Waals surface area contributed by atoms with Crippen LogP contribution in [0.2, 0.25) is 0 Å². The molecular weight excluding hydrogens is 412 g/mol. The van der Waals surface area contributed by atoms with Crippen LogP contribution < -0.4 is 4.74 Å². The lowest BCUT2D eigenvalue weighted by Crippen LogP contribution is -2.50. The summed E-state index contributed by atoms with van der Waals surface area (Å²) in [4.78, 5) is 2.41. The van der Waals surface area contributed by atoms with E-state index in [4.69, 9.17) is 4.74 Å². The second-order valence-electron chi connectivity index (χ2n) is 7.99. The van der Waals surface area contributed by atoms with Gasteiger partial charge in [0.15, 0.2) is 0 Å². The number of piperazine rings is 1. The molecule has 0 bridgehead atoms. The first-order chi connectivity index (χ1) is 14.9. The molecule has 1 aliphatic heterocycles. The van der Waals surface area contributed by atoms with E-state index in [0.29, 0.717) is 37.6 Å². The highest BCUT2D eigenvalue weighted by Crippen LogP contribution is 2.21. The summed E-state index contributed by atoms with van der Waals surface area (Å²) in [5.41, 5.74) is 1.03. The molecule has 6 nitrogen and oxygen atoms in total. The maximum absolute atomic E-state index is 12.8. The third-order valence-corrected chi connectivity index (χ3v) is 7.54. The molecule has 0 unspecified atom stereocenters. The Hall–Kier alpha value is -2.45. The maximum atomic E-state index is 12.8. The third-order valence-electron chi connectivity index (χ3n) is 5.62. The van der Waals surface area contributed by atoms with Crippen molar-refractivity contribution in [2.24, 2.45) is 0 Å². The van der Waals surface area contributed by atoms with Gasteiger partial charge in [0.2, 0.25) is 10.0 Å². The standard InChI is InChI=1S/C24H28N2O4S/c1-19-6-10-24(11-7-19)31(28,29)26-14-12-25(13-15-26)17-22(27)18-30-23-9-8-20-4-2-3-5-21(20)16-23/h2-11,16,22,27H,12-15,17-18H2,1H3/t22-/m0/s1. The van der Waals surface area contributed by atoms with E-state index in [-0.39, 0.29) is 6.61 Å². The molecule has 3 aromatic carbocycles. The number of hydrogen-bond donors (Lipinski definition) is 1. The first-order valence-corrected chi connectivity index (χ1v) is 11.9. The van der Waals surface area contributed by atoms with E-state index in [1.54, 1.807) is 12.1 Å². The molecule has 3 aromatic rings. The highest BCUT2D eigenvalue weighted by atomic mass is 32.2. The van der Waals surface area contributed by atoms with Crippen molar-refractivity contribution in [3.8, 4) is 5.75 Å². The quantitative estimate of drug-likeness (QED) is 0.612. The van der Waals surface area contributed by atoms with Crippen LogP contribution in [-0.2, 0) is 10.0 Å². The van der Waals surface area contributed by atoms with E-state index < -0.39 is 16.1 Å². The summed E-state index contributed by atoms with van der Waals surface area (Å²) in [6.07, 6.45) is -0.647. The summed E-state index contributed by atoms with van der Waals surface area (Å²) in [5.74, 6) is 0.728. The topological polar surface area (TPSA) is 70.1 Å². The zero-order chi connectivity index (χ0) is 21.8. The summed E-state index contributed by atoms with van der Waals surface area (Å²) >= 11 is 0. The molecule has 164 valence electrons. The number of β-amino-alcohol motifs (C(OH)–C–C–N with tert-alkyl or cyclic N) is 1. The van der Waals surface area contributed by atoms with E-state index in [9.17, 15) is 13.5 Å². The van der Waals surface area contributed by atoms with Gasteiger partial charge in [-0.25, -0.2) is 8.42 Å². The molecule has 1 saturated heterocycles. The fraction of sp³-hybridized carbons (Fsp3) is 0.333. The lowest BCUT2D eigenvalue weighted by Gasteiger charge is -2.34. The first-order valence-electron chi connectivity index (χ1n) is 10.5. The average Bonchev–Trinajstić information content (AvgIpc) is 2.78. The van der Waals surface area contributed by atoms with E-state index in [1.807, 2.05) is 61.5 Å². The minimum atomic E-state index is -3.48. The Balaban J connectivity index is 1.26. The second-order valence-corrected chi connectivity index (χ2v) is 9.93. The van der Waals surface area contributed by atoms with Gasteiger partial charge in [0, 0.05) is 32.7 Å². The van der Waals surface area contributed by atoms with Gasteiger partial charge in [-0.3, -0.25) is 4.90 Å². The molecule has 1 atom stereocenters. The van der Waals surface area contributed by atoms with Crippen LogP contribution in [0, 0.1) is 6.92 Å². The molecule has 7 heteroatoms. The molecule has 0 aromatic heterocycles.